The second-order valence-corrected chi connectivity index (χ2v) is 4.70. The highest BCUT2D eigenvalue weighted by atomic mass is 19.4. The van der Waals surface area contributed by atoms with Crippen LogP contribution in [-0.4, -0.2) is 21.5 Å². The number of fused-ring (bicyclic) bond motifs is 1. The Bertz CT molecular complexity index is 726. The molecule has 0 saturated heterocycles. The van der Waals surface area contributed by atoms with Gasteiger partial charge in [-0.15, -0.1) is 0 Å². The minimum atomic E-state index is -4.54. The fourth-order valence-electron chi connectivity index (χ4n) is 2.51. The molecule has 1 aliphatic heterocycles. The third kappa shape index (κ3) is 2.54. The van der Waals surface area contributed by atoms with Gasteiger partial charge in [0.2, 0.25) is 0 Å². The number of pyridine rings is 1. The van der Waals surface area contributed by atoms with Crippen molar-refractivity contribution in [1.82, 2.24) is 20.3 Å². The summed E-state index contributed by atoms with van der Waals surface area (Å²) in [5.41, 5.74) is -0.256. The van der Waals surface area contributed by atoms with E-state index in [0.29, 0.717) is 24.2 Å². The maximum Gasteiger partial charge on any atom is 0.433 e. The van der Waals surface area contributed by atoms with Gasteiger partial charge in [0.25, 0.3) is 0 Å². The summed E-state index contributed by atoms with van der Waals surface area (Å²) in [5.74, 6) is 0. The summed E-state index contributed by atoms with van der Waals surface area (Å²) in [6.07, 6.45) is -1.57. The number of rotatable bonds is 1. The van der Waals surface area contributed by atoms with Crippen LogP contribution in [-0.2, 0) is 12.6 Å². The summed E-state index contributed by atoms with van der Waals surface area (Å²) in [5, 5.41) is 3.02. The van der Waals surface area contributed by atoms with Crippen LogP contribution in [0, 0.1) is 0 Å². The van der Waals surface area contributed by atoms with Gasteiger partial charge in [0.15, 0.2) is 0 Å². The van der Waals surface area contributed by atoms with Crippen molar-refractivity contribution in [2.45, 2.75) is 18.6 Å². The lowest BCUT2D eigenvalue weighted by atomic mass is 9.93. The number of nitrogens with zero attached hydrogens (tertiary/aromatic N) is 2. The van der Waals surface area contributed by atoms with Gasteiger partial charge in [-0.2, -0.15) is 13.2 Å². The molecule has 0 saturated carbocycles. The van der Waals surface area contributed by atoms with E-state index >= 15 is 0 Å². The fraction of sp³-hybridized carbons (Fsp3) is 0.308. The van der Waals surface area contributed by atoms with E-state index in [1.165, 1.54) is 18.3 Å². The van der Waals surface area contributed by atoms with Crippen LogP contribution in [0.4, 0.5) is 13.2 Å². The van der Waals surface area contributed by atoms with Crippen LogP contribution in [0.5, 0.6) is 0 Å². The van der Waals surface area contributed by atoms with Crippen LogP contribution in [0.1, 0.15) is 28.6 Å². The van der Waals surface area contributed by atoms with E-state index in [1.807, 2.05) is 0 Å². The Kier molecular flexibility index (Phi) is 3.25. The monoisotopic (exact) mass is 296 g/mol. The lowest BCUT2D eigenvalue weighted by molar-refractivity contribution is -0.142. The average molecular weight is 296 g/mol. The summed E-state index contributed by atoms with van der Waals surface area (Å²) < 4.78 is 39.2. The highest BCUT2D eigenvalue weighted by molar-refractivity contribution is 5.37. The normalized spacial score (nSPS) is 18.3. The van der Waals surface area contributed by atoms with E-state index in [-0.39, 0.29) is 5.56 Å². The van der Waals surface area contributed by atoms with Crippen molar-refractivity contribution in [2.75, 3.05) is 6.54 Å². The fourth-order valence-corrected chi connectivity index (χ4v) is 2.51. The van der Waals surface area contributed by atoms with E-state index in [1.54, 1.807) is 0 Å². The summed E-state index contributed by atoms with van der Waals surface area (Å²) in [4.78, 5) is 20.9. The Balaban J connectivity index is 2.14. The number of nitrogens with one attached hydrogen (secondary N) is 2. The number of alkyl halides is 3. The van der Waals surface area contributed by atoms with Crippen LogP contribution in [0.25, 0.3) is 0 Å². The molecule has 110 valence electrons. The molecule has 0 aliphatic carbocycles. The van der Waals surface area contributed by atoms with Crippen molar-refractivity contribution in [1.29, 1.82) is 0 Å². The van der Waals surface area contributed by atoms with E-state index < -0.39 is 23.6 Å². The first-order valence-corrected chi connectivity index (χ1v) is 6.30. The SMILES string of the molecule is O=c1ncc2c([nH]1)CCNC2c1cccnc1C(F)(F)F. The second kappa shape index (κ2) is 4.96. The molecule has 3 rings (SSSR count). The summed E-state index contributed by atoms with van der Waals surface area (Å²) in [7, 11) is 0. The third-order valence-corrected chi connectivity index (χ3v) is 3.38. The van der Waals surface area contributed by atoms with Gasteiger partial charge < -0.3 is 10.3 Å². The van der Waals surface area contributed by atoms with Crippen molar-refractivity contribution in [3.05, 3.63) is 57.5 Å². The molecule has 2 aromatic heterocycles. The van der Waals surface area contributed by atoms with Crippen LogP contribution in [0.15, 0.2) is 29.3 Å². The molecular formula is C13H11F3N4O. The number of aromatic amines is 1. The van der Waals surface area contributed by atoms with E-state index in [4.69, 9.17) is 0 Å². The Morgan fingerprint density at radius 2 is 2.05 bits per heavy atom. The average Bonchev–Trinajstić information content (AvgIpc) is 2.45. The molecule has 3 heterocycles. The summed E-state index contributed by atoms with van der Waals surface area (Å²) >= 11 is 0. The van der Waals surface area contributed by atoms with Gasteiger partial charge in [-0.3, -0.25) is 4.98 Å². The molecule has 8 heteroatoms. The Labute approximate surface area is 117 Å². The van der Waals surface area contributed by atoms with Crippen LogP contribution in [0.2, 0.25) is 0 Å². The van der Waals surface area contributed by atoms with E-state index in [0.717, 1.165) is 6.20 Å². The van der Waals surface area contributed by atoms with Gasteiger partial charge in [0, 0.05) is 42.2 Å². The quantitative estimate of drug-likeness (QED) is 0.835. The maximum atomic E-state index is 13.1. The highest BCUT2D eigenvalue weighted by Crippen LogP contribution is 2.36. The predicted molar refractivity (Wildman–Crippen MR) is 67.6 cm³/mol. The smallest absolute Gasteiger partial charge is 0.309 e. The molecule has 21 heavy (non-hydrogen) atoms. The highest BCUT2D eigenvalue weighted by Gasteiger charge is 2.38. The second-order valence-electron chi connectivity index (χ2n) is 4.70. The van der Waals surface area contributed by atoms with Gasteiger partial charge in [-0.25, -0.2) is 9.78 Å². The van der Waals surface area contributed by atoms with Crippen LogP contribution < -0.4 is 11.0 Å². The first kappa shape index (κ1) is 13.7. The molecule has 0 aromatic carbocycles. The topological polar surface area (TPSA) is 70.7 Å². The number of hydrogen-bond donors (Lipinski definition) is 2. The maximum absolute atomic E-state index is 13.1. The van der Waals surface area contributed by atoms with Crippen molar-refractivity contribution in [2.24, 2.45) is 0 Å². The van der Waals surface area contributed by atoms with Gasteiger partial charge in [-0.1, -0.05) is 6.07 Å². The molecule has 1 atom stereocenters. The number of aromatic nitrogens is 3. The van der Waals surface area contributed by atoms with Gasteiger partial charge in [0.05, 0.1) is 6.04 Å². The van der Waals surface area contributed by atoms with Crippen molar-refractivity contribution in [3.8, 4) is 0 Å². The number of halogens is 3. The Morgan fingerprint density at radius 3 is 2.81 bits per heavy atom. The molecule has 2 aromatic rings. The van der Waals surface area contributed by atoms with Crippen molar-refractivity contribution >= 4 is 0 Å². The zero-order chi connectivity index (χ0) is 15.0. The van der Waals surface area contributed by atoms with Crippen molar-refractivity contribution < 1.29 is 13.2 Å². The molecule has 2 N–H and O–H groups in total. The van der Waals surface area contributed by atoms with Gasteiger partial charge in [-0.05, 0) is 6.07 Å². The zero-order valence-electron chi connectivity index (χ0n) is 10.7. The van der Waals surface area contributed by atoms with Gasteiger partial charge >= 0.3 is 11.9 Å². The lowest BCUT2D eigenvalue weighted by Gasteiger charge is -2.27. The van der Waals surface area contributed by atoms with Crippen LogP contribution in [0.3, 0.4) is 0 Å². The molecule has 0 spiro atoms. The molecule has 0 amide bonds. The summed E-state index contributed by atoms with van der Waals surface area (Å²) in [6.45, 7) is 0.462. The minimum absolute atomic E-state index is 0.0276. The minimum Gasteiger partial charge on any atom is -0.309 e. The largest absolute Gasteiger partial charge is 0.433 e. The summed E-state index contributed by atoms with van der Waals surface area (Å²) in [6, 6.07) is 2.15. The zero-order valence-corrected chi connectivity index (χ0v) is 10.7. The number of H-pyrrole nitrogens is 1. The van der Waals surface area contributed by atoms with E-state index in [9.17, 15) is 18.0 Å². The van der Waals surface area contributed by atoms with E-state index in [2.05, 4.69) is 20.3 Å². The van der Waals surface area contributed by atoms with Crippen molar-refractivity contribution in [3.63, 3.8) is 0 Å². The Morgan fingerprint density at radius 1 is 1.24 bits per heavy atom. The molecular weight excluding hydrogens is 285 g/mol. The standard InChI is InChI=1S/C13H11F3N4O/c14-13(15,16)11-7(2-1-4-18-11)10-8-6-19-12(21)20-9(8)3-5-17-10/h1-2,4,6,10,17H,3,5H2,(H,19,20,21). The third-order valence-electron chi connectivity index (χ3n) is 3.38. The lowest BCUT2D eigenvalue weighted by Crippen LogP contribution is -2.34. The first-order valence-electron chi connectivity index (χ1n) is 6.30. The Hall–Kier alpha value is -2.22. The first-order chi connectivity index (χ1) is 9.97. The predicted octanol–water partition coefficient (Wildman–Crippen LogP) is 1.42. The molecule has 1 unspecified atom stereocenters. The van der Waals surface area contributed by atoms with Gasteiger partial charge in [0.1, 0.15) is 5.69 Å². The molecule has 0 radical (unpaired) electrons. The number of hydrogen-bond acceptors (Lipinski definition) is 4. The molecule has 0 fully saturated rings. The molecule has 0 bridgehead atoms. The molecule has 5 nitrogen and oxygen atoms in total. The van der Waals surface area contributed by atoms with Crippen LogP contribution >= 0.6 is 0 Å². The molecule has 1 aliphatic rings.